The summed E-state index contributed by atoms with van der Waals surface area (Å²) >= 11 is 9.49. The summed E-state index contributed by atoms with van der Waals surface area (Å²) in [5, 5.41) is 0.508. The number of ketones is 1. The molecule has 3 aliphatic heterocycles. The van der Waals surface area contributed by atoms with Crippen molar-refractivity contribution in [1.29, 1.82) is 0 Å². The lowest BCUT2D eigenvalue weighted by molar-refractivity contribution is -0.122. The number of halogens is 2. The van der Waals surface area contributed by atoms with Crippen LogP contribution in [0.1, 0.15) is 15.9 Å². The predicted octanol–water partition coefficient (Wildman–Crippen LogP) is 5.38. The van der Waals surface area contributed by atoms with Gasteiger partial charge in [0, 0.05) is 16.3 Å². The standard InChI is InChI=1S/C28H20BrClN2O4/c1-36-22-13-7-16(14-19(22)29)26(33)25-24-23(21-12-6-15-4-2-3-5-20(15)32(21)25)27(34)31(28(24)35)18-10-8-17(30)9-11-18/h2-14,21,23-25H,1H3/t21-,23-,24+,25+/m1/s1. The minimum Gasteiger partial charge on any atom is -0.496 e. The Balaban J connectivity index is 1.48. The van der Waals surface area contributed by atoms with Crippen LogP contribution in [0.25, 0.3) is 6.08 Å². The summed E-state index contributed by atoms with van der Waals surface area (Å²) in [6.45, 7) is 0. The molecule has 6 rings (SSSR count). The Kier molecular flexibility index (Phi) is 5.50. The number of imide groups is 1. The van der Waals surface area contributed by atoms with E-state index in [0.717, 1.165) is 11.3 Å². The highest BCUT2D eigenvalue weighted by Gasteiger charge is 2.64. The van der Waals surface area contributed by atoms with Gasteiger partial charge in [-0.3, -0.25) is 14.4 Å². The summed E-state index contributed by atoms with van der Waals surface area (Å²) in [6.07, 6.45) is 3.90. The van der Waals surface area contributed by atoms with E-state index in [2.05, 4.69) is 15.9 Å². The highest BCUT2D eigenvalue weighted by molar-refractivity contribution is 9.10. The fourth-order valence-corrected chi connectivity index (χ4v) is 6.32. The normalized spacial score (nSPS) is 24.0. The van der Waals surface area contributed by atoms with E-state index in [1.165, 1.54) is 4.90 Å². The molecule has 0 unspecified atom stereocenters. The summed E-state index contributed by atoms with van der Waals surface area (Å²) in [6, 6.07) is 18.2. The van der Waals surface area contributed by atoms with Gasteiger partial charge in [0.25, 0.3) is 0 Å². The van der Waals surface area contributed by atoms with Gasteiger partial charge in [0.05, 0.1) is 35.1 Å². The van der Waals surface area contributed by atoms with E-state index in [1.807, 2.05) is 41.3 Å². The molecule has 0 radical (unpaired) electrons. The lowest BCUT2D eigenvalue weighted by Crippen LogP contribution is -2.48. The first kappa shape index (κ1) is 23.0. The van der Waals surface area contributed by atoms with E-state index in [1.54, 1.807) is 49.6 Å². The van der Waals surface area contributed by atoms with Gasteiger partial charge in [-0.2, -0.15) is 0 Å². The first-order chi connectivity index (χ1) is 17.4. The van der Waals surface area contributed by atoms with E-state index in [9.17, 15) is 14.4 Å². The van der Waals surface area contributed by atoms with Crippen LogP contribution in [0.15, 0.2) is 77.3 Å². The van der Waals surface area contributed by atoms with Gasteiger partial charge in [-0.1, -0.05) is 42.0 Å². The maximum atomic E-state index is 14.1. The van der Waals surface area contributed by atoms with Crippen molar-refractivity contribution in [3.63, 3.8) is 0 Å². The summed E-state index contributed by atoms with van der Waals surface area (Å²) in [5.41, 5.74) is 2.67. The van der Waals surface area contributed by atoms with E-state index < -0.39 is 23.9 Å². The highest BCUT2D eigenvalue weighted by Crippen LogP contribution is 2.50. The largest absolute Gasteiger partial charge is 0.496 e. The third-order valence-electron chi connectivity index (χ3n) is 7.20. The van der Waals surface area contributed by atoms with Crippen LogP contribution in [-0.4, -0.2) is 36.8 Å². The molecule has 3 aliphatic rings. The van der Waals surface area contributed by atoms with Crippen LogP contribution in [-0.2, 0) is 9.59 Å². The molecular weight excluding hydrogens is 544 g/mol. The number of methoxy groups -OCH3 is 1. The second-order valence-corrected chi connectivity index (χ2v) is 10.3. The average Bonchev–Trinajstić information content (AvgIpc) is 3.37. The third kappa shape index (κ3) is 3.33. The zero-order valence-corrected chi connectivity index (χ0v) is 21.4. The molecule has 2 fully saturated rings. The zero-order chi connectivity index (χ0) is 25.1. The monoisotopic (exact) mass is 562 g/mol. The average molecular weight is 564 g/mol. The first-order valence-electron chi connectivity index (χ1n) is 11.5. The van der Waals surface area contributed by atoms with Crippen molar-refractivity contribution in [2.45, 2.75) is 12.1 Å². The van der Waals surface area contributed by atoms with Gasteiger partial charge in [-0.15, -0.1) is 0 Å². The van der Waals surface area contributed by atoms with Crippen LogP contribution in [0.4, 0.5) is 11.4 Å². The second kappa shape index (κ2) is 8.61. The lowest BCUT2D eigenvalue weighted by atomic mass is 9.86. The summed E-state index contributed by atoms with van der Waals surface area (Å²) in [7, 11) is 1.55. The molecule has 180 valence electrons. The van der Waals surface area contributed by atoms with Crippen LogP contribution >= 0.6 is 27.5 Å². The second-order valence-electron chi connectivity index (χ2n) is 9.01. The lowest BCUT2D eigenvalue weighted by Gasteiger charge is -2.36. The molecule has 3 heterocycles. The van der Waals surface area contributed by atoms with Gasteiger partial charge in [-0.25, -0.2) is 4.90 Å². The van der Waals surface area contributed by atoms with Crippen molar-refractivity contribution in [2.75, 3.05) is 16.9 Å². The Morgan fingerprint density at radius 1 is 0.972 bits per heavy atom. The SMILES string of the molecule is COc1ccc(C(=O)[C@@H]2[C@H]3C(=O)N(c4ccc(Cl)cc4)C(=O)[C@@H]3[C@H]3C=Cc4ccccc4N32)cc1Br. The molecule has 0 spiro atoms. The van der Waals surface area contributed by atoms with Crippen molar-refractivity contribution in [2.24, 2.45) is 11.8 Å². The van der Waals surface area contributed by atoms with Gasteiger partial charge < -0.3 is 9.64 Å². The predicted molar refractivity (Wildman–Crippen MR) is 141 cm³/mol. The minimum absolute atomic E-state index is 0.222. The fourth-order valence-electron chi connectivity index (χ4n) is 5.65. The Bertz CT molecular complexity index is 1450. The quantitative estimate of drug-likeness (QED) is 0.315. The smallest absolute Gasteiger partial charge is 0.240 e. The molecule has 2 amide bonds. The van der Waals surface area contributed by atoms with Crippen molar-refractivity contribution < 1.29 is 19.1 Å². The van der Waals surface area contributed by atoms with Crippen LogP contribution in [0, 0.1) is 11.8 Å². The minimum atomic E-state index is -0.847. The molecule has 8 heteroatoms. The number of benzene rings is 3. The number of fused-ring (bicyclic) bond motifs is 5. The maximum absolute atomic E-state index is 14.1. The number of hydrogen-bond acceptors (Lipinski definition) is 5. The Morgan fingerprint density at radius 3 is 2.42 bits per heavy atom. The maximum Gasteiger partial charge on any atom is 0.240 e. The topological polar surface area (TPSA) is 66.9 Å². The van der Waals surface area contributed by atoms with Gasteiger partial charge in [0.15, 0.2) is 5.78 Å². The van der Waals surface area contributed by atoms with Gasteiger partial charge in [0.1, 0.15) is 11.8 Å². The number of nitrogens with zero attached hydrogens (tertiary/aromatic N) is 2. The van der Waals surface area contributed by atoms with Crippen LogP contribution in [0.3, 0.4) is 0 Å². The molecule has 36 heavy (non-hydrogen) atoms. The summed E-state index contributed by atoms with van der Waals surface area (Å²) in [5.74, 6) is -1.83. The summed E-state index contributed by atoms with van der Waals surface area (Å²) < 4.78 is 5.95. The van der Waals surface area contributed by atoms with Crippen molar-refractivity contribution in [3.05, 3.63) is 93.4 Å². The Hall–Kier alpha value is -3.42. The molecule has 3 aromatic carbocycles. The molecule has 4 atom stereocenters. The number of ether oxygens (including phenoxy) is 1. The molecule has 3 aromatic rings. The third-order valence-corrected chi connectivity index (χ3v) is 8.08. The van der Waals surface area contributed by atoms with Crippen LogP contribution in [0.2, 0.25) is 5.02 Å². The number of hydrogen-bond donors (Lipinski definition) is 0. The van der Waals surface area contributed by atoms with Crippen molar-refractivity contribution in [3.8, 4) is 5.75 Å². The number of amides is 2. The van der Waals surface area contributed by atoms with E-state index >= 15 is 0 Å². The highest BCUT2D eigenvalue weighted by atomic mass is 79.9. The Labute approximate surface area is 221 Å². The van der Waals surface area contributed by atoms with Gasteiger partial charge >= 0.3 is 0 Å². The van der Waals surface area contributed by atoms with Gasteiger partial charge in [0.2, 0.25) is 11.8 Å². The van der Waals surface area contributed by atoms with E-state index in [-0.39, 0.29) is 17.6 Å². The fraction of sp³-hybridized carbons (Fsp3) is 0.179. The summed E-state index contributed by atoms with van der Waals surface area (Å²) in [4.78, 5) is 44.9. The van der Waals surface area contributed by atoms with Gasteiger partial charge in [-0.05, 0) is 70.0 Å². The number of carbonyl (C=O) groups excluding carboxylic acids is 3. The number of carbonyl (C=O) groups is 3. The van der Waals surface area contributed by atoms with E-state index in [0.29, 0.717) is 26.5 Å². The molecular formula is C28H20BrClN2O4. The molecule has 0 saturated carbocycles. The Morgan fingerprint density at radius 2 is 1.69 bits per heavy atom. The molecule has 0 N–H and O–H groups in total. The van der Waals surface area contributed by atoms with Crippen molar-refractivity contribution in [1.82, 2.24) is 0 Å². The molecule has 2 saturated heterocycles. The van der Waals surface area contributed by atoms with Crippen LogP contribution in [0.5, 0.6) is 5.75 Å². The first-order valence-corrected chi connectivity index (χ1v) is 12.6. The number of rotatable bonds is 4. The van der Waals surface area contributed by atoms with Crippen molar-refractivity contribution >= 4 is 62.6 Å². The number of para-hydroxylation sites is 1. The molecule has 0 aliphatic carbocycles. The molecule has 0 aromatic heterocycles. The molecule has 0 bridgehead atoms. The molecule has 6 nitrogen and oxygen atoms in total. The number of Topliss-reactive ketones (excluding diaryl/α,β-unsaturated/α-hetero) is 1. The van der Waals surface area contributed by atoms with E-state index in [4.69, 9.17) is 16.3 Å². The zero-order valence-electron chi connectivity index (χ0n) is 19.1. The van der Waals surface area contributed by atoms with Crippen LogP contribution < -0.4 is 14.5 Å². The number of anilines is 2.